The first-order valence-electron chi connectivity index (χ1n) is 3.93. The van der Waals surface area contributed by atoms with Crippen LogP contribution in [0.3, 0.4) is 0 Å². The molecular weight excluding hydrogens is 236 g/mol. The van der Waals surface area contributed by atoms with Gasteiger partial charge in [-0.2, -0.15) is 0 Å². The molecule has 0 saturated heterocycles. The molecule has 2 N–H and O–H groups in total. The quantitative estimate of drug-likeness (QED) is 0.636. The lowest BCUT2D eigenvalue weighted by Gasteiger charge is -2.10. The van der Waals surface area contributed by atoms with Crippen molar-refractivity contribution in [2.24, 2.45) is 0 Å². The molecule has 1 aromatic carbocycles. The molecule has 0 aliphatic carbocycles. The highest BCUT2D eigenvalue weighted by Gasteiger charge is 2.11. The number of alkyl halides is 1. The standard InChI is InChI=1S/C9H11BrO3/c1-2-13-8-4-3-7(11)9(12)6(8)5-10/h3-4,11-12H,2,5H2,1H3. The van der Waals surface area contributed by atoms with Crippen LogP contribution in [-0.2, 0) is 5.33 Å². The fourth-order valence-corrected chi connectivity index (χ4v) is 1.57. The summed E-state index contributed by atoms with van der Waals surface area (Å²) in [5, 5.41) is 19.1. The van der Waals surface area contributed by atoms with Crippen molar-refractivity contribution in [3.8, 4) is 17.2 Å². The van der Waals surface area contributed by atoms with Crippen LogP contribution in [0.2, 0.25) is 0 Å². The lowest BCUT2D eigenvalue weighted by atomic mass is 10.2. The molecule has 0 radical (unpaired) electrons. The van der Waals surface area contributed by atoms with Gasteiger partial charge in [-0.1, -0.05) is 15.9 Å². The van der Waals surface area contributed by atoms with E-state index >= 15 is 0 Å². The molecule has 0 bridgehead atoms. The molecular formula is C9H11BrO3. The van der Waals surface area contributed by atoms with Crippen molar-refractivity contribution < 1.29 is 14.9 Å². The molecule has 1 aromatic rings. The average molecular weight is 247 g/mol. The Morgan fingerprint density at radius 3 is 2.62 bits per heavy atom. The van der Waals surface area contributed by atoms with Crippen molar-refractivity contribution in [3.05, 3.63) is 17.7 Å². The Morgan fingerprint density at radius 2 is 2.08 bits per heavy atom. The summed E-state index contributed by atoms with van der Waals surface area (Å²) in [4.78, 5) is 0. The number of aromatic hydroxyl groups is 2. The van der Waals surface area contributed by atoms with Crippen LogP contribution in [0, 0.1) is 0 Å². The van der Waals surface area contributed by atoms with Gasteiger partial charge in [-0.05, 0) is 19.1 Å². The Balaban J connectivity index is 3.13. The van der Waals surface area contributed by atoms with Crippen molar-refractivity contribution in [2.45, 2.75) is 12.3 Å². The average Bonchev–Trinajstić information content (AvgIpc) is 2.12. The molecule has 0 spiro atoms. The Bertz CT molecular complexity index is 299. The summed E-state index contributed by atoms with van der Waals surface area (Å²) < 4.78 is 5.26. The van der Waals surface area contributed by atoms with E-state index in [2.05, 4.69) is 15.9 Å². The molecule has 3 nitrogen and oxygen atoms in total. The van der Waals surface area contributed by atoms with Crippen LogP contribution in [0.4, 0.5) is 0 Å². The summed E-state index contributed by atoms with van der Waals surface area (Å²) in [6.07, 6.45) is 0. The molecule has 0 aliphatic heterocycles. The monoisotopic (exact) mass is 246 g/mol. The van der Waals surface area contributed by atoms with Gasteiger partial charge in [0.25, 0.3) is 0 Å². The van der Waals surface area contributed by atoms with Crippen molar-refractivity contribution in [1.29, 1.82) is 0 Å². The Labute approximate surface area is 85.1 Å². The molecule has 13 heavy (non-hydrogen) atoms. The van der Waals surface area contributed by atoms with Crippen molar-refractivity contribution in [2.75, 3.05) is 6.61 Å². The molecule has 0 fully saturated rings. The molecule has 1 rings (SSSR count). The zero-order valence-electron chi connectivity index (χ0n) is 7.25. The Hall–Kier alpha value is -0.900. The molecule has 0 amide bonds. The van der Waals surface area contributed by atoms with E-state index in [1.165, 1.54) is 6.07 Å². The number of ether oxygens (including phenoxy) is 1. The van der Waals surface area contributed by atoms with Crippen LogP contribution in [0.1, 0.15) is 12.5 Å². The van der Waals surface area contributed by atoms with E-state index in [0.717, 1.165) is 0 Å². The van der Waals surface area contributed by atoms with Crippen molar-refractivity contribution >= 4 is 15.9 Å². The third kappa shape index (κ3) is 2.06. The fraction of sp³-hybridized carbons (Fsp3) is 0.333. The van der Waals surface area contributed by atoms with Gasteiger partial charge in [0, 0.05) is 5.33 Å². The number of halogens is 1. The number of hydrogen-bond donors (Lipinski definition) is 2. The minimum absolute atomic E-state index is 0.122. The second kappa shape index (κ2) is 4.37. The highest BCUT2D eigenvalue weighted by molar-refractivity contribution is 9.08. The lowest BCUT2D eigenvalue weighted by Crippen LogP contribution is -1.95. The van der Waals surface area contributed by atoms with Crippen LogP contribution in [0.15, 0.2) is 12.1 Å². The predicted molar refractivity (Wildman–Crippen MR) is 53.6 cm³/mol. The lowest BCUT2D eigenvalue weighted by molar-refractivity contribution is 0.330. The minimum Gasteiger partial charge on any atom is -0.504 e. The third-order valence-corrected chi connectivity index (χ3v) is 2.21. The summed E-state index contributed by atoms with van der Waals surface area (Å²) >= 11 is 3.21. The van der Waals surface area contributed by atoms with Crippen LogP contribution in [0.5, 0.6) is 17.2 Å². The third-order valence-electron chi connectivity index (χ3n) is 1.65. The number of phenolic OH excluding ortho intramolecular Hbond substituents is 2. The van der Waals surface area contributed by atoms with Gasteiger partial charge in [0.15, 0.2) is 11.5 Å². The largest absolute Gasteiger partial charge is 0.504 e. The summed E-state index contributed by atoms with van der Waals surface area (Å²) in [7, 11) is 0. The van der Waals surface area contributed by atoms with Crippen LogP contribution < -0.4 is 4.74 Å². The van der Waals surface area contributed by atoms with Crippen LogP contribution in [-0.4, -0.2) is 16.8 Å². The zero-order chi connectivity index (χ0) is 9.84. The van der Waals surface area contributed by atoms with Crippen LogP contribution >= 0.6 is 15.9 Å². The fourth-order valence-electron chi connectivity index (χ4n) is 1.03. The van der Waals surface area contributed by atoms with Gasteiger partial charge < -0.3 is 14.9 Å². The molecule has 0 atom stereocenters. The molecule has 4 heteroatoms. The SMILES string of the molecule is CCOc1ccc(O)c(O)c1CBr. The first kappa shape index (κ1) is 10.2. The molecule has 0 aliphatic rings. The molecule has 0 aromatic heterocycles. The van der Waals surface area contributed by atoms with Gasteiger partial charge in [0.2, 0.25) is 0 Å². The number of phenols is 2. The summed E-state index contributed by atoms with van der Waals surface area (Å²) in [5.41, 5.74) is 0.571. The van der Waals surface area contributed by atoms with Crippen LogP contribution in [0.25, 0.3) is 0 Å². The normalized spacial score (nSPS) is 10.0. The highest BCUT2D eigenvalue weighted by Crippen LogP contribution is 2.36. The van der Waals surface area contributed by atoms with E-state index in [-0.39, 0.29) is 11.5 Å². The maximum absolute atomic E-state index is 9.45. The van der Waals surface area contributed by atoms with E-state index in [0.29, 0.717) is 23.2 Å². The van der Waals surface area contributed by atoms with Gasteiger partial charge in [-0.25, -0.2) is 0 Å². The summed E-state index contributed by atoms with van der Waals surface area (Å²) in [5.74, 6) is 0.343. The minimum atomic E-state index is -0.127. The summed E-state index contributed by atoms with van der Waals surface area (Å²) in [6.45, 7) is 2.39. The number of rotatable bonds is 3. The van der Waals surface area contributed by atoms with Gasteiger partial charge in [-0.3, -0.25) is 0 Å². The van der Waals surface area contributed by atoms with E-state index in [1.54, 1.807) is 6.07 Å². The van der Waals surface area contributed by atoms with E-state index in [4.69, 9.17) is 4.74 Å². The maximum atomic E-state index is 9.45. The molecule has 0 saturated carbocycles. The van der Waals surface area contributed by atoms with Crippen molar-refractivity contribution in [3.63, 3.8) is 0 Å². The molecule has 0 heterocycles. The predicted octanol–water partition coefficient (Wildman–Crippen LogP) is 2.39. The topological polar surface area (TPSA) is 49.7 Å². The van der Waals surface area contributed by atoms with Crippen molar-refractivity contribution in [1.82, 2.24) is 0 Å². The zero-order valence-corrected chi connectivity index (χ0v) is 8.84. The number of hydrogen-bond acceptors (Lipinski definition) is 3. The van der Waals surface area contributed by atoms with E-state index in [9.17, 15) is 10.2 Å². The first-order chi connectivity index (χ1) is 6.20. The Morgan fingerprint density at radius 1 is 1.38 bits per heavy atom. The summed E-state index contributed by atoms with van der Waals surface area (Å²) in [6, 6.07) is 3.04. The first-order valence-corrected chi connectivity index (χ1v) is 5.05. The van der Waals surface area contributed by atoms with Gasteiger partial charge in [0.05, 0.1) is 12.2 Å². The smallest absolute Gasteiger partial charge is 0.165 e. The van der Waals surface area contributed by atoms with Gasteiger partial charge in [0.1, 0.15) is 5.75 Å². The second-order valence-corrected chi connectivity index (χ2v) is 3.04. The highest BCUT2D eigenvalue weighted by atomic mass is 79.9. The molecule has 72 valence electrons. The second-order valence-electron chi connectivity index (χ2n) is 2.48. The van der Waals surface area contributed by atoms with E-state index < -0.39 is 0 Å². The number of benzene rings is 1. The van der Waals surface area contributed by atoms with Gasteiger partial charge >= 0.3 is 0 Å². The molecule has 0 unspecified atom stereocenters. The Kier molecular flexibility index (Phi) is 3.42. The maximum Gasteiger partial charge on any atom is 0.165 e. The van der Waals surface area contributed by atoms with E-state index in [1.807, 2.05) is 6.92 Å². The van der Waals surface area contributed by atoms with Gasteiger partial charge in [-0.15, -0.1) is 0 Å².